The fraction of sp³-hybridized carbons (Fsp3) is 0.423. The summed E-state index contributed by atoms with van der Waals surface area (Å²) in [6, 6.07) is 6.76. The number of allylic oxidation sites excluding steroid dienone is 1. The Morgan fingerprint density at radius 1 is 1.15 bits per heavy atom. The summed E-state index contributed by atoms with van der Waals surface area (Å²) >= 11 is 0. The van der Waals surface area contributed by atoms with E-state index in [0.29, 0.717) is 22.7 Å². The zero-order valence-corrected chi connectivity index (χ0v) is 19.4. The van der Waals surface area contributed by atoms with E-state index in [-0.39, 0.29) is 23.1 Å². The summed E-state index contributed by atoms with van der Waals surface area (Å²) < 4.78 is 40.1. The van der Waals surface area contributed by atoms with Gasteiger partial charge in [-0.05, 0) is 76.3 Å². The second-order valence-electron chi connectivity index (χ2n) is 9.88. The van der Waals surface area contributed by atoms with E-state index in [2.05, 4.69) is 9.97 Å². The number of hydrogen-bond acceptors (Lipinski definition) is 6. The Hall–Kier alpha value is -3.13. The first kappa shape index (κ1) is 22.7. The second-order valence-corrected chi connectivity index (χ2v) is 9.88. The Morgan fingerprint density at radius 3 is 2.47 bits per heavy atom. The molecule has 2 heterocycles. The zero-order valence-electron chi connectivity index (χ0n) is 19.4. The van der Waals surface area contributed by atoms with Crippen LogP contribution in [0.15, 0.2) is 40.5 Å². The van der Waals surface area contributed by atoms with Gasteiger partial charge < -0.3 is 19.7 Å². The molecule has 6 nitrogen and oxygen atoms in total. The van der Waals surface area contributed by atoms with E-state index < -0.39 is 11.7 Å². The smallest absolute Gasteiger partial charge is 0.426 e. The monoisotopic (exact) mass is 467 g/mol. The number of oxazole rings is 1. The van der Waals surface area contributed by atoms with Gasteiger partial charge in [-0.2, -0.15) is 8.78 Å². The molecule has 2 aromatic heterocycles. The summed E-state index contributed by atoms with van der Waals surface area (Å²) in [4.78, 5) is 8.95. The summed E-state index contributed by atoms with van der Waals surface area (Å²) in [5.74, 6) is 0.655. The minimum atomic E-state index is -3.84. The molecule has 2 unspecified atom stereocenters. The maximum absolute atomic E-state index is 14.5. The number of fused-ring (bicyclic) bond motifs is 3. The molecule has 3 aromatic rings. The minimum absolute atomic E-state index is 0.141. The number of halogens is 2. The molecule has 2 atom stereocenters. The van der Waals surface area contributed by atoms with E-state index in [1.807, 2.05) is 25.1 Å². The third-order valence-electron chi connectivity index (χ3n) is 6.75. The Bertz CT molecular complexity index is 1270. The standard InChI is InChI=1S/C26H27F2N3O3/c1-14-4-8-19(30-13-14)18-7-9-20(34-26(27,28)25(2,3)32)23-24(18)33-21(31-23)12-15-10-16-5-6-17(11-15)22(16)29/h4,7-9,12-13,16-17,29,32H,5-6,10-11H2,1-3H3. The van der Waals surface area contributed by atoms with Crippen molar-refractivity contribution in [2.75, 3.05) is 0 Å². The summed E-state index contributed by atoms with van der Waals surface area (Å²) in [7, 11) is 0. The Labute approximate surface area is 196 Å². The van der Waals surface area contributed by atoms with Crippen LogP contribution < -0.4 is 4.74 Å². The van der Waals surface area contributed by atoms with Crippen molar-refractivity contribution >= 4 is 22.9 Å². The van der Waals surface area contributed by atoms with Crippen LogP contribution in [0.4, 0.5) is 8.78 Å². The molecule has 0 saturated heterocycles. The van der Waals surface area contributed by atoms with Crippen molar-refractivity contribution in [1.29, 1.82) is 5.41 Å². The van der Waals surface area contributed by atoms with Gasteiger partial charge in [-0.25, -0.2) is 4.98 Å². The van der Waals surface area contributed by atoms with E-state index in [1.165, 1.54) is 6.07 Å². The lowest BCUT2D eigenvalue weighted by atomic mass is 9.83. The van der Waals surface area contributed by atoms with Crippen LogP contribution in [0.5, 0.6) is 5.75 Å². The third kappa shape index (κ3) is 4.00. The van der Waals surface area contributed by atoms with Crippen LogP contribution in [0.3, 0.4) is 0 Å². The van der Waals surface area contributed by atoms with E-state index in [0.717, 1.165) is 56.4 Å². The van der Waals surface area contributed by atoms with Gasteiger partial charge in [0, 0.05) is 29.3 Å². The molecule has 0 spiro atoms. The van der Waals surface area contributed by atoms with E-state index >= 15 is 0 Å². The van der Waals surface area contributed by atoms with Crippen LogP contribution in [0.2, 0.25) is 0 Å². The molecule has 5 rings (SSSR count). The van der Waals surface area contributed by atoms with Gasteiger partial charge in [0.1, 0.15) is 0 Å². The van der Waals surface area contributed by atoms with E-state index in [9.17, 15) is 13.9 Å². The molecule has 1 aromatic carbocycles. The number of aliphatic hydroxyl groups is 1. The normalized spacial score (nSPS) is 20.8. The van der Waals surface area contributed by atoms with Crippen molar-refractivity contribution in [2.24, 2.45) is 11.8 Å². The highest BCUT2D eigenvalue weighted by atomic mass is 19.3. The van der Waals surface area contributed by atoms with Crippen LogP contribution >= 0.6 is 0 Å². The number of nitrogens with one attached hydrogen (secondary N) is 1. The van der Waals surface area contributed by atoms with Gasteiger partial charge in [-0.3, -0.25) is 4.98 Å². The molecule has 0 amide bonds. The largest absolute Gasteiger partial charge is 0.436 e. The first-order chi connectivity index (χ1) is 16.0. The summed E-state index contributed by atoms with van der Waals surface area (Å²) in [5.41, 5.74) is 2.25. The third-order valence-corrected chi connectivity index (χ3v) is 6.75. The first-order valence-corrected chi connectivity index (χ1v) is 11.5. The molecular formula is C26H27F2N3O3. The van der Waals surface area contributed by atoms with Gasteiger partial charge in [0.2, 0.25) is 5.89 Å². The zero-order chi connectivity index (χ0) is 24.3. The molecule has 2 N–H and O–H groups in total. The van der Waals surface area contributed by atoms with Crippen molar-refractivity contribution < 1.29 is 23.0 Å². The molecule has 2 bridgehead atoms. The minimum Gasteiger partial charge on any atom is -0.436 e. The molecular weight excluding hydrogens is 440 g/mol. The topological polar surface area (TPSA) is 92.2 Å². The maximum Gasteiger partial charge on any atom is 0.426 e. The molecule has 2 fully saturated rings. The average Bonchev–Trinajstić information content (AvgIpc) is 3.25. The lowest BCUT2D eigenvalue weighted by molar-refractivity contribution is -0.275. The van der Waals surface area contributed by atoms with Gasteiger partial charge in [-0.15, -0.1) is 0 Å². The number of nitrogens with zero attached hydrogens (tertiary/aromatic N) is 2. The molecule has 34 heavy (non-hydrogen) atoms. The number of alkyl halides is 2. The summed E-state index contributed by atoms with van der Waals surface area (Å²) in [5, 5.41) is 18.1. The second kappa shape index (κ2) is 7.98. The number of ether oxygens (including phenoxy) is 1. The van der Waals surface area contributed by atoms with Crippen LogP contribution in [-0.4, -0.2) is 32.5 Å². The summed E-state index contributed by atoms with van der Waals surface area (Å²) in [6.45, 7) is 3.91. The lowest BCUT2D eigenvalue weighted by Gasteiger charge is -2.28. The SMILES string of the molecule is Cc1ccc(-c2ccc(OC(F)(F)C(C)(C)O)c3nc(C=C4CC5CCC(C4)C5=N)oc23)nc1. The van der Waals surface area contributed by atoms with Crippen molar-refractivity contribution in [3.05, 3.63) is 47.5 Å². The lowest BCUT2D eigenvalue weighted by Crippen LogP contribution is -2.47. The highest BCUT2D eigenvalue weighted by Gasteiger charge is 2.49. The predicted molar refractivity (Wildman–Crippen MR) is 125 cm³/mol. The van der Waals surface area contributed by atoms with Gasteiger partial charge in [0.05, 0.1) is 5.69 Å². The fourth-order valence-electron chi connectivity index (χ4n) is 4.72. The average molecular weight is 468 g/mol. The van der Waals surface area contributed by atoms with Gasteiger partial charge in [-0.1, -0.05) is 11.6 Å². The number of benzene rings is 1. The van der Waals surface area contributed by atoms with Crippen LogP contribution in [-0.2, 0) is 0 Å². The highest BCUT2D eigenvalue weighted by Crippen LogP contribution is 2.43. The molecule has 8 heteroatoms. The van der Waals surface area contributed by atoms with Gasteiger partial charge >= 0.3 is 6.11 Å². The first-order valence-electron chi connectivity index (χ1n) is 11.5. The molecule has 178 valence electrons. The quantitative estimate of drug-likeness (QED) is 0.469. The molecule has 0 radical (unpaired) electrons. The van der Waals surface area contributed by atoms with E-state index in [4.69, 9.17) is 14.6 Å². The number of aryl methyl sites for hydroxylation is 1. The Morgan fingerprint density at radius 2 is 1.85 bits per heavy atom. The summed E-state index contributed by atoms with van der Waals surface area (Å²) in [6.07, 6.45) is 3.39. The molecule has 2 aliphatic carbocycles. The number of aromatic nitrogens is 2. The Kier molecular flexibility index (Phi) is 5.31. The number of rotatable bonds is 5. The molecule has 2 saturated carbocycles. The van der Waals surface area contributed by atoms with Crippen LogP contribution in [0.1, 0.15) is 51.0 Å². The molecule has 0 aliphatic heterocycles. The van der Waals surface area contributed by atoms with Gasteiger partial charge in [0.25, 0.3) is 0 Å². The van der Waals surface area contributed by atoms with Crippen LogP contribution in [0, 0.1) is 24.2 Å². The maximum atomic E-state index is 14.5. The Balaban J connectivity index is 1.60. The van der Waals surface area contributed by atoms with Crippen molar-refractivity contribution in [3.63, 3.8) is 0 Å². The molecule has 2 aliphatic rings. The van der Waals surface area contributed by atoms with Gasteiger partial charge in [0.15, 0.2) is 22.5 Å². The van der Waals surface area contributed by atoms with Crippen molar-refractivity contribution in [1.82, 2.24) is 9.97 Å². The fourth-order valence-corrected chi connectivity index (χ4v) is 4.72. The van der Waals surface area contributed by atoms with Crippen molar-refractivity contribution in [3.8, 4) is 17.0 Å². The number of pyridine rings is 1. The van der Waals surface area contributed by atoms with Crippen molar-refractivity contribution in [2.45, 2.75) is 58.2 Å². The van der Waals surface area contributed by atoms with Crippen LogP contribution in [0.25, 0.3) is 28.4 Å². The predicted octanol–water partition coefficient (Wildman–Crippen LogP) is 6.16. The highest BCUT2D eigenvalue weighted by molar-refractivity contribution is 5.94. The van der Waals surface area contributed by atoms with E-state index in [1.54, 1.807) is 12.3 Å². The number of hydrogen-bond donors (Lipinski definition) is 2.